The van der Waals surface area contributed by atoms with Gasteiger partial charge in [-0.15, -0.1) is 0 Å². The van der Waals surface area contributed by atoms with Gasteiger partial charge in [-0.1, -0.05) is 47.6 Å². The predicted molar refractivity (Wildman–Crippen MR) is 83.3 cm³/mol. The molecule has 0 fully saturated rings. The molecule has 0 aliphatic heterocycles. The highest BCUT2D eigenvalue weighted by Crippen LogP contribution is 2.16. The van der Waals surface area contributed by atoms with Gasteiger partial charge in [-0.2, -0.15) is 0 Å². The number of nitrogens with zero attached hydrogens (tertiary/aromatic N) is 1. The van der Waals surface area contributed by atoms with Crippen LogP contribution in [0.2, 0.25) is 0 Å². The Morgan fingerprint density at radius 3 is 2.57 bits per heavy atom. The van der Waals surface area contributed by atoms with Crippen molar-refractivity contribution in [2.24, 2.45) is 10.9 Å². The predicted octanol–water partition coefficient (Wildman–Crippen LogP) is 2.02. The van der Waals surface area contributed by atoms with Crippen molar-refractivity contribution in [2.75, 3.05) is 0 Å². The van der Waals surface area contributed by atoms with E-state index in [2.05, 4.69) is 10.5 Å². The van der Waals surface area contributed by atoms with Gasteiger partial charge in [0.2, 0.25) is 5.91 Å². The summed E-state index contributed by atoms with van der Waals surface area (Å²) >= 11 is 0. The molecule has 0 saturated carbocycles. The lowest BCUT2D eigenvalue weighted by atomic mass is 10.0. The normalized spacial score (nSPS) is 12.4. The summed E-state index contributed by atoms with van der Waals surface area (Å²) < 4.78 is 0. The van der Waals surface area contributed by atoms with Crippen LogP contribution in [0.5, 0.6) is 0 Å². The Balaban J connectivity index is 2.11. The Hall–Kier alpha value is -2.56. The number of hydrogen-bond donors (Lipinski definition) is 3. The van der Waals surface area contributed by atoms with Crippen molar-refractivity contribution in [3.05, 3.63) is 48.0 Å². The van der Waals surface area contributed by atoms with Crippen molar-refractivity contribution >= 4 is 22.5 Å². The van der Waals surface area contributed by atoms with E-state index in [0.717, 1.165) is 16.3 Å². The van der Waals surface area contributed by atoms with E-state index in [1.165, 1.54) is 0 Å². The van der Waals surface area contributed by atoms with Crippen molar-refractivity contribution in [3.8, 4) is 0 Å². The summed E-state index contributed by atoms with van der Waals surface area (Å²) in [6.45, 7) is 3.36. The van der Waals surface area contributed by atoms with Crippen LogP contribution < -0.4 is 11.1 Å². The third-order valence-corrected chi connectivity index (χ3v) is 3.38. The third-order valence-electron chi connectivity index (χ3n) is 3.38. The molecule has 0 aliphatic rings. The van der Waals surface area contributed by atoms with Crippen molar-refractivity contribution in [1.82, 2.24) is 5.32 Å². The summed E-state index contributed by atoms with van der Waals surface area (Å²) in [4.78, 5) is 12.1. The molecule has 0 atom stereocenters. The maximum Gasteiger partial charge on any atom is 0.225 e. The van der Waals surface area contributed by atoms with Crippen LogP contribution in [0, 0.1) is 0 Å². The van der Waals surface area contributed by atoms with Crippen LogP contribution in [-0.2, 0) is 11.2 Å². The van der Waals surface area contributed by atoms with Gasteiger partial charge in [0.05, 0.1) is 12.0 Å². The lowest BCUT2D eigenvalue weighted by Crippen LogP contribution is -2.53. The van der Waals surface area contributed by atoms with Crippen LogP contribution in [0.15, 0.2) is 47.6 Å². The van der Waals surface area contributed by atoms with E-state index in [-0.39, 0.29) is 18.2 Å². The Morgan fingerprint density at radius 2 is 1.90 bits per heavy atom. The maximum atomic E-state index is 12.1. The largest absolute Gasteiger partial charge is 0.409 e. The molecule has 5 heteroatoms. The van der Waals surface area contributed by atoms with E-state index in [1.807, 2.05) is 42.5 Å². The van der Waals surface area contributed by atoms with Crippen LogP contribution in [0.4, 0.5) is 0 Å². The Morgan fingerprint density at radius 1 is 1.24 bits per heavy atom. The SMILES string of the molecule is CC(C)(NC(=O)Cc1ccc2ccccc2c1)/C(N)=N/O. The molecular weight excluding hydrogens is 266 g/mol. The first-order valence-corrected chi connectivity index (χ1v) is 6.69. The summed E-state index contributed by atoms with van der Waals surface area (Å²) in [5.41, 5.74) is 5.58. The minimum absolute atomic E-state index is 0.0330. The van der Waals surface area contributed by atoms with Crippen LogP contribution in [0.3, 0.4) is 0 Å². The third kappa shape index (κ3) is 3.51. The number of carbonyl (C=O) groups is 1. The minimum atomic E-state index is -0.886. The molecule has 5 nitrogen and oxygen atoms in total. The van der Waals surface area contributed by atoms with Gasteiger partial charge in [-0.25, -0.2) is 0 Å². The van der Waals surface area contributed by atoms with Crippen LogP contribution >= 0.6 is 0 Å². The molecule has 0 aromatic heterocycles. The van der Waals surface area contributed by atoms with Crippen LogP contribution in [-0.4, -0.2) is 22.5 Å². The number of benzene rings is 2. The molecule has 2 aromatic carbocycles. The zero-order valence-electron chi connectivity index (χ0n) is 12.1. The van der Waals surface area contributed by atoms with Gasteiger partial charge in [0.1, 0.15) is 0 Å². The number of carbonyl (C=O) groups excluding carboxylic acids is 1. The zero-order chi connectivity index (χ0) is 15.5. The monoisotopic (exact) mass is 285 g/mol. The van der Waals surface area contributed by atoms with Gasteiger partial charge in [0, 0.05) is 0 Å². The Kier molecular flexibility index (Phi) is 4.12. The molecule has 0 aliphatic carbocycles. The second-order valence-electron chi connectivity index (χ2n) is 5.52. The highest BCUT2D eigenvalue weighted by molar-refractivity contribution is 5.93. The summed E-state index contributed by atoms with van der Waals surface area (Å²) in [6.07, 6.45) is 0.243. The number of nitrogens with one attached hydrogen (secondary N) is 1. The maximum absolute atomic E-state index is 12.1. The molecule has 110 valence electrons. The van der Waals surface area contributed by atoms with E-state index < -0.39 is 5.54 Å². The summed E-state index contributed by atoms with van der Waals surface area (Å²) in [5.74, 6) is -0.212. The smallest absolute Gasteiger partial charge is 0.225 e. The van der Waals surface area contributed by atoms with Gasteiger partial charge in [-0.05, 0) is 30.2 Å². The second kappa shape index (κ2) is 5.83. The highest BCUT2D eigenvalue weighted by Gasteiger charge is 2.25. The molecule has 21 heavy (non-hydrogen) atoms. The number of amidine groups is 1. The van der Waals surface area contributed by atoms with Crippen molar-refractivity contribution < 1.29 is 10.0 Å². The van der Waals surface area contributed by atoms with Gasteiger partial charge in [0.25, 0.3) is 0 Å². The lowest BCUT2D eigenvalue weighted by molar-refractivity contribution is -0.121. The quantitative estimate of drug-likeness (QED) is 0.347. The van der Waals surface area contributed by atoms with E-state index in [4.69, 9.17) is 10.9 Å². The summed E-state index contributed by atoms with van der Waals surface area (Å²) in [5, 5.41) is 16.6. The van der Waals surface area contributed by atoms with Crippen molar-refractivity contribution in [2.45, 2.75) is 25.8 Å². The second-order valence-corrected chi connectivity index (χ2v) is 5.52. The van der Waals surface area contributed by atoms with Crippen molar-refractivity contribution in [1.29, 1.82) is 0 Å². The van der Waals surface area contributed by atoms with Gasteiger partial charge < -0.3 is 16.3 Å². The molecule has 0 radical (unpaired) electrons. The molecule has 4 N–H and O–H groups in total. The van der Waals surface area contributed by atoms with Crippen LogP contribution in [0.1, 0.15) is 19.4 Å². The number of amides is 1. The average molecular weight is 285 g/mol. The number of rotatable bonds is 4. The molecular formula is C16H19N3O2. The number of oxime groups is 1. The first-order chi connectivity index (χ1) is 9.92. The summed E-state index contributed by atoms with van der Waals surface area (Å²) in [7, 11) is 0. The Bertz CT molecular complexity index is 693. The molecule has 0 saturated heterocycles. The van der Waals surface area contributed by atoms with E-state index in [0.29, 0.717) is 0 Å². The molecule has 2 rings (SSSR count). The fourth-order valence-corrected chi connectivity index (χ4v) is 2.12. The molecule has 0 bridgehead atoms. The fraction of sp³-hybridized carbons (Fsp3) is 0.250. The molecule has 0 unspecified atom stereocenters. The van der Waals surface area contributed by atoms with E-state index in [9.17, 15) is 4.79 Å². The first kappa shape index (κ1) is 14.8. The highest BCUT2D eigenvalue weighted by atomic mass is 16.4. The Labute approximate surface area is 123 Å². The minimum Gasteiger partial charge on any atom is -0.409 e. The molecule has 0 heterocycles. The number of fused-ring (bicyclic) bond motifs is 1. The molecule has 0 spiro atoms. The molecule has 2 aromatic rings. The zero-order valence-corrected chi connectivity index (χ0v) is 12.1. The van der Waals surface area contributed by atoms with Gasteiger partial charge >= 0.3 is 0 Å². The number of hydrogen-bond acceptors (Lipinski definition) is 3. The van der Waals surface area contributed by atoms with E-state index in [1.54, 1.807) is 13.8 Å². The first-order valence-electron chi connectivity index (χ1n) is 6.69. The van der Waals surface area contributed by atoms with Gasteiger partial charge in [-0.3, -0.25) is 4.79 Å². The van der Waals surface area contributed by atoms with Gasteiger partial charge in [0.15, 0.2) is 5.84 Å². The van der Waals surface area contributed by atoms with Crippen LogP contribution in [0.25, 0.3) is 10.8 Å². The topological polar surface area (TPSA) is 87.7 Å². The summed E-state index contributed by atoms with van der Waals surface area (Å²) in [6, 6.07) is 13.9. The standard InChI is InChI=1S/C16H19N3O2/c1-16(2,15(17)19-21)18-14(20)10-11-7-8-12-5-3-4-6-13(12)9-11/h3-9,21H,10H2,1-2H3,(H2,17,19)(H,18,20). The van der Waals surface area contributed by atoms with Crippen molar-refractivity contribution in [3.63, 3.8) is 0 Å². The fourth-order valence-electron chi connectivity index (χ4n) is 2.12. The molecule has 1 amide bonds. The number of nitrogens with two attached hydrogens (primary N) is 1. The van der Waals surface area contributed by atoms with E-state index >= 15 is 0 Å². The average Bonchev–Trinajstić information content (AvgIpc) is 2.45. The lowest BCUT2D eigenvalue weighted by Gasteiger charge is -2.24.